The molecule has 4 nitrogen and oxygen atoms in total. The van der Waals surface area contributed by atoms with Crippen molar-refractivity contribution in [2.45, 2.75) is 26.2 Å². The molecule has 0 aromatic heterocycles. The predicted molar refractivity (Wildman–Crippen MR) is 60.7 cm³/mol. The summed E-state index contributed by atoms with van der Waals surface area (Å²) in [6.45, 7) is 3.72. The molecule has 1 aromatic carbocycles. The number of halogens is 1. The second-order valence-electron chi connectivity index (χ2n) is 3.63. The fourth-order valence-electron chi connectivity index (χ4n) is 1.36. The van der Waals surface area contributed by atoms with Gasteiger partial charge in [0.1, 0.15) is 11.5 Å². The van der Waals surface area contributed by atoms with Gasteiger partial charge < -0.3 is 9.47 Å². The van der Waals surface area contributed by atoms with Crippen LogP contribution >= 0.6 is 0 Å². The number of nitrogens with zero attached hydrogens (tertiary/aromatic N) is 1. The molecule has 0 amide bonds. The molecule has 1 aromatic rings. The van der Waals surface area contributed by atoms with Crippen LogP contribution in [0.2, 0.25) is 0 Å². The highest BCUT2D eigenvalue weighted by molar-refractivity contribution is 5.43. The Morgan fingerprint density at radius 2 is 2.12 bits per heavy atom. The van der Waals surface area contributed by atoms with Crippen molar-refractivity contribution < 1.29 is 18.7 Å². The Kier molecular flexibility index (Phi) is 4.67. The number of benzene rings is 1. The molecule has 1 rings (SSSR count). The number of isocyanates is 1. The number of rotatable bonds is 5. The lowest BCUT2D eigenvalue weighted by atomic mass is 10.1. The zero-order chi connectivity index (χ0) is 12.8. The Bertz CT molecular complexity index is 428. The molecule has 17 heavy (non-hydrogen) atoms. The van der Waals surface area contributed by atoms with E-state index in [-0.39, 0.29) is 11.7 Å². The normalized spacial score (nSPS) is 11.8. The van der Waals surface area contributed by atoms with Gasteiger partial charge in [-0.3, -0.25) is 0 Å². The minimum atomic E-state index is -1.79. The van der Waals surface area contributed by atoms with Gasteiger partial charge >= 0.3 is 0 Å². The summed E-state index contributed by atoms with van der Waals surface area (Å²) < 4.78 is 23.9. The van der Waals surface area contributed by atoms with Crippen molar-refractivity contribution in [1.82, 2.24) is 0 Å². The van der Waals surface area contributed by atoms with Crippen molar-refractivity contribution in [2.24, 2.45) is 4.99 Å². The monoisotopic (exact) mass is 239 g/mol. The van der Waals surface area contributed by atoms with E-state index in [0.29, 0.717) is 11.5 Å². The number of aliphatic imine (C=N–C) groups is 1. The van der Waals surface area contributed by atoms with Gasteiger partial charge in [0.25, 0.3) is 0 Å². The summed E-state index contributed by atoms with van der Waals surface area (Å²) in [5.41, 5.74) is 0.147. The smallest absolute Gasteiger partial charge is 0.238 e. The van der Waals surface area contributed by atoms with E-state index >= 15 is 0 Å². The third kappa shape index (κ3) is 3.57. The summed E-state index contributed by atoms with van der Waals surface area (Å²) in [5.74, 6) is 0.812. The molecular weight excluding hydrogens is 225 g/mol. The van der Waals surface area contributed by atoms with E-state index in [2.05, 4.69) is 4.99 Å². The van der Waals surface area contributed by atoms with Crippen LogP contribution in [-0.4, -0.2) is 19.3 Å². The highest BCUT2D eigenvalue weighted by Crippen LogP contribution is 2.32. The van der Waals surface area contributed by atoms with Crippen LogP contribution in [0.5, 0.6) is 11.5 Å². The van der Waals surface area contributed by atoms with Gasteiger partial charge in [-0.2, -0.15) is 4.99 Å². The lowest BCUT2D eigenvalue weighted by Crippen LogP contribution is -2.06. The molecule has 1 unspecified atom stereocenters. The molecule has 0 aliphatic rings. The van der Waals surface area contributed by atoms with E-state index < -0.39 is 6.30 Å². The molecule has 0 radical (unpaired) electrons. The minimum absolute atomic E-state index is 0.0242. The number of hydrogen-bond donors (Lipinski definition) is 0. The molecule has 0 heterocycles. The van der Waals surface area contributed by atoms with Crippen LogP contribution in [0.4, 0.5) is 4.39 Å². The molecule has 92 valence electrons. The third-order valence-corrected chi connectivity index (χ3v) is 2.00. The van der Waals surface area contributed by atoms with Gasteiger partial charge in [0.15, 0.2) is 0 Å². The van der Waals surface area contributed by atoms with Crippen molar-refractivity contribution in [3.8, 4) is 11.5 Å². The van der Waals surface area contributed by atoms with E-state index in [1.54, 1.807) is 12.1 Å². The maximum Gasteiger partial charge on any atom is 0.238 e. The van der Waals surface area contributed by atoms with Gasteiger partial charge in [-0.05, 0) is 32.0 Å². The molecule has 0 aliphatic heterocycles. The fourth-order valence-corrected chi connectivity index (χ4v) is 1.36. The zero-order valence-corrected chi connectivity index (χ0v) is 9.94. The lowest BCUT2D eigenvalue weighted by molar-refractivity contribution is 0.240. The van der Waals surface area contributed by atoms with Gasteiger partial charge in [0.2, 0.25) is 12.4 Å². The Labute approximate surface area is 99.1 Å². The van der Waals surface area contributed by atoms with Crippen LogP contribution in [0.1, 0.15) is 25.7 Å². The first-order valence-electron chi connectivity index (χ1n) is 5.14. The molecule has 1 atom stereocenters. The molecule has 0 N–H and O–H groups in total. The summed E-state index contributed by atoms with van der Waals surface area (Å²) in [5, 5.41) is 0. The average Bonchev–Trinajstić information content (AvgIpc) is 2.28. The summed E-state index contributed by atoms with van der Waals surface area (Å²) in [4.78, 5) is 13.1. The van der Waals surface area contributed by atoms with Gasteiger partial charge in [-0.15, -0.1) is 0 Å². The van der Waals surface area contributed by atoms with Crippen molar-refractivity contribution in [3.05, 3.63) is 23.8 Å². The molecular formula is C12H14FNO3. The van der Waals surface area contributed by atoms with Crippen molar-refractivity contribution in [3.63, 3.8) is 0 Å². The van der Waals surface area contributed by atoms with Crippen LogP contribution in [0.3, 0.4) is 0 Å². The predicted octanol–water partition coefficient (Wildman–Crippen LogP) is 2.79. The third-order valence-electron chi connectivity index (χ3n) is 2.00. The number of hydrogen-bond acceptors (Lipinski definition) is 4. The van der Waals surface area contributed by atoms with Crippen LogP contribution in [0.15, 0.2) is 23.2 Å². The number of alkyl halides is 1. The van der Waals surface area contributed by atoms with Gasteiger partial charge in [-0.25, -0.2) is 9.18 Å². The van der Waals surface area contributed by atoms with Gasteiger partial charge in [0, 0.05) is 0 Å². The summed E-state index contributed by atoms with van der Waals surface area (Å²) >= 11 is 0. The van der Waals surface area contributed by atoms with E-state index in [4.69, 9.17) is 9.47 Å². The van der Waals surface area contributed by atoms with Crippen molar-refractivity contribution in [1.29, 1.82) is 0 Å². The molecule has 0 spiro atoms. The Morgan fingerprint density at radius 3 is 2.65 bits per heavy atom. The van der Waals surface area contributed by atoms with Crippen molar-refractivity contribution >= 4 is 6.08 Å². The maximum atomic E-state index is 13.5. The Hall–Kier alpha value is -1.87. The molecule has 0 saturated heterocycles. The second-order valence-corrected chi connectivity index (χ2v) is 3.63. The van der Waals surface area contributed by atoms with Crippen molar-refractivity contribution in [2.75, 3.05) is 7.11 Å². The van der Waals surface area contributed by atoms with Gasteiger partial charge in [-0.1, -0.05) is 0 Å². The largest absolute Gasteiger partial charge is 0.496 e. The zero-order valence-electron chi connectivity index (χ0n) is 9.94. The molecule has 0 aliphatic carbocycles. The van der Waals surface area contributed by atoms with Crippen LogP contribution in [-0.2, 0) is 4.79 Å². The summed E-state index contributed by atoms with van der Waals surface area (Å²) in [7, 11) is 1.42. The standard InChI is InChI=1S/C12H14FNO3/c1-8(2)17-9-4-5-11(16-3)10(6-9)12(13)14-7-15/h4-6,8,12H,1-3H3. The maximum absolute atomic E-state index is 13.5. The van der Waals surface area contributed by atoms with E-state index in [9.17, 15) is 9.18 Å². The fraction of sp³-hybridized carbons (Fsp3) is 0.417. The van der Waals surface area contributed by atoms with E-state index in [0.717, 1.165) is 0 Å². The van der Waals surface area contributed by atoms with Crippen LogP contribution in [0.25, 0.3) is 0 Å². The van der Waals surface area contributed by atoms with E-state index in [1.807, 2.05) is 13.8 Å². The first kappa shape index (κ1) is 13.2. The second kappa shape index (κ2) is 6.01. The Morgan fingerprint density at radius 1 is 1.41 bits per heavy atom. The SMILES string of the molecule is COc1ccc(OC(C)C)cc1C(F)N=C=O. The minimum Gasteiger partial charge on any atom is -0.496 e. The lowest BCUT2D eigenvalue weighted by Gasteiger charge is -2.13. The van der Waals surface area contributed by atoms with Crippen LogP contribution in [0, 0.1) is 0 Å². The number of ether oxygens (including phenoxy) is 2. The highest BCUT2D eigenvalue weighted by Gasteiger charge is 2.15. The molecule has 0 bridgehead atoms. The van der Waals surface area contributed by atoms with Crippen LogP contribution < -0.4 is 9.47 Å². The topological polar surface area (TPSA) is 47.9 Å². The van der Waals surface area contributed by atoms with Gasteiger partial charge in [0.05, 0.1) is 18.8 Å². The Balaban J connectivity index is 3.09. The quantitative estimate of drug-likeness (QED) is 0.451. The summed E-state index contributed by atoms with van der Waals surface area (Å²) in [6.07, 6.45) is -0.636. The molecule has 0 fully saturated rings. The molecule has 0 saturated carbocycles. The highest BCUT2D eigenvalue weighted by atomic mass is 19.1. The summed E-state index contributed by atoms with van der Waals surface area (Å²) in [6, 6.07) is 4.70. The molecule has 5 heteroatoms. The average molecular weight is 239 g/mol. The number of carbonyl (C=O) groups excluding carboxylic acids is 1. The number of methoxy groups -OCH3 is 1. The first-order chi connectivity index (χ1) is 8.08. The van der Waals surface area contributed by atoms with E-state index in [1.165, 1.54) is 19.3 Å². The first-order valence-corrected chi connectivity index (χ1v) is 5.14.